The lowest BCUT2D eigenvalue weighted by Crippen LogP contribution is -2.24. The van der Waals surface area contributed by atoms with Crippen molar-refractivity contribution in [3.8, 4) is 29.1 Å². The maximum absolute atomic E-state index is 12.3. The number of hydrogen-bond donors (Lipinski definition) is 2. The zero-order valence-electron chi connectivity index (χ0n) is 15.4. The third-order valence-electron chi connectivity index (χ3n) is 4.02. The third-order valence-corrected chi connectivity index (χ3v) is 4.02. The standard InChI is InChI=1S/C20H19N3O5/c1-25-16-6-4-15(8-18(16)26-2)22-11-14(9-21)20(24)23-10-13-3-5-17-19(7-13)28-12-27-17/h3-8,11,22H,10,12H2,1-2H3,(H,23,24)/b14-11-. The first-order chi connectivity index (χ1) is 13.6. The number of nitriles is 1. The third kappa shape index (κ3) is 4.27. The van der Waals surface area contributed by atoms with Crippen LogP contribution in [0.15, 0.2) is 48.2 Å². The van der Waals surface area contributed by atoms with E-state index in [1.165, 1.54) is 13.3 Å². The minimum atomic E-state index is -0.492. The van der Waals surface area contributed by atoms with Crippen LogP contribution in [0.25, 0.3) is 0 Å². The first-order valence-electron chi connectivity index (χ1n) is 8.40. The normalized spacial score (nSPS) is 12.1. The molecule has 1 heterocycles. The van der Waals surface area contributed by atoms with E-state index < -0.39 is 5.91 Å². The Morgan fingerprint density at radius 1 is 1.14 bits per heavy atom. The highest BCUT2D eigenvalue weighted by Crippen LogP contribution is 2.32. The molecule has 144 valence electrons. The number of amides is 1. The van der Waals surface area contributed by atoms with E-state index in [1.54, 1.807) is 37.4 Å². The van der Waals surface area contributed by atoms with Gasteiger partial charge >= 0.3 is 0 Å². The molecular formula is C20H19N3O5. The van der Waals surface area contributed by atoms with Gasteiger partial charge in [0.15, 0.2) is 23.0 Å². The van der Waals surface area contributed by atoms with Gasteiger partial charge in [0, 0.05) is 24.5 Å². The summed E-state index contributed by atoms with van der Waals surface area (Å²) in [6, 6.07) is 12.5. The molecule has 0 unspecified atom stereocenters. The molecular weight excluding hydrogens is 362 g/mol. The van der Waals surface area contributed by atoms with E-state index in [9.17, 15) is 10.1 Å². The van der Waals surface area contributed by atoms with Crippen LogP contribution < -0.4 is 29.6 Å². The van der Waals surface area contributed by atoms with Crippen molar-refractivity contribution in [3.05, 3.63) is 53.7 Å². The van der Waals surface area contributed by atoms with Gasteiger partial charge in [-0.2, -0.15) is 5.26 Å². The Labute approximate surface area is 162 Å². The minimum absolute atomic E-state index is 0.0597. The molecule has 0 saturated heterocycles. The number of hydrogen-bond acceptors (Lipinski definition) is 7. The summed E-state index contributed by atoms with van der Waals surface area (Å²) in [5, 5.41) is 14.9. The van der Waals surface area contributed by atoms with Crippen molar-refractivity contribution in [2.45, 2.75) is 6.54 Å². The fourth-order valence-electron chi connectivity index (χ4n) is 2.56. The molecule has 0 aromatic heterocycles. The summed E-state index contributed by atoms with van der Waals surface area (Å²) in [6.45, 7) is 0.444. The second-order valence-corrected chi connectivity index (χ2v) is 5.75. The van der Waals surface area contributed by atoms with Crippen molar-refractivity contribution >= 4 is 11.6 Å². The predicted molar refractivity (Wildman–Crippen MR) is 101 cm³/mol. The number of ether oxygens (including phenoxy) is 4. The van der Waals surface area contributed by atoms with Crippen LogP contribution in [-0.4, -0.2) is 26.9 Å². The Hall–Kier alpha value is -3.86. The van der Waals surface area contributed by atoms with Gasteiger partial charge in [0.2, 0.25) is 6.79 Å². The quantitative estimate of drug-likeness (QED) is 0.561. The highest BCUT2D eigenvalue weighted by atomic mass is 16.7. The number of carbonyl (C=O) groups is 1. The maximum atomic E-state index is 12.3. The molecule has 8 nitrogen and oxygen atoms in total. The molecule has 0 spiro atoms. The van der Waals surface area contributed by atoms with Crippen LogP contribution in [0.4, 0.5) is 5.69 Å². The van der Waals surface area contributed by atoms with E-state index in [-0.39, 0.29) is 18.9 Å². The molecule has 0 aliphatic carbocycles. The van der Waals surface area contributed by atoms with Crippen molar-refractivity contribution in [1.29, 1.82) is 5.26 Å². The van der Waals surface area contributed by atoms with Crippen molar-refractivity contribution < 1.29 is 23.7 Å². The minimum Gasteiger partial charge on any atom is -0.493 e. The Bertz CT molecular complexity index is 949. The van der Waals surface area contributed by atoms with E-state index in [2.05, 4.69) is 10.6 Å². The smallest absolute Gasteiger partial charge is 0.263 e. The molecule has 0 atom stereocenters. The monoisotopic (exact) mass is 381 g/mol. The van der Waals surface area contributed by atoms with Crippen LogP contribution in [0, 0.1) is 11.3 Å². The summed E-state index contributed by atoms with van der Waals surface area (Å²) in [5.41, 5.74) is 1.42. The molecule has 0 radical (unpaired) electrons. The molecule has 1 aliphatic rings. The average molecular weight is 381 g/mol. The van der Waals surface area contributed by atoms with Gasteiger partial charge in [0.05, 0.1) is 14.2 Å². The molecule has 1 amide bonds. The molecule has 8 heteroatoms. The lowest BCUT2D eigenvalue weighted by atomic mass is 10.2. The van der Waals surface area contributed by atoms with Gasteiger partial charge in [-0.15, -0.1) is 0 Å². The van der Waals surface area contributed by atoms with Gasteiger partial charge in [0.1, 0.15) is 11.6 Å². The average Bonchev–Trinajstić information content (AvgIpc) is 3.20. The lowest BCUT2D eigenvalue weighted by Gasteiger charge is -2.10. The molecule has 3 rings (SSSR count). The zero-order valence-corrected chi connectivity index (χ0v) is 15.4. The van der Waals surface area contributed by atoms with E-state index >= 15 is 0 Å². The van der Waals surface area contributed by atoms with Gasteiger partial charge in [-0.05, 0) is 29.8 Å². The van der Waals surface area contributed by atoms with Crippen molar-refractivity contribution in [2.24, 2.45) is 0 Å². The van der Waals surface area contributed by atoms with Crippen LogP contribution in [0.5, 0.6) is 23.0 Å². The summed E-state index contributed by atoms with van der Waals surface area (Å²) in [4.78, 5) is 12.3. The largest absolute Gasteiger partial charge is 0.493 e. The SMILES string of the molecule is COc1ccc(N/C=C(/C#N)C(=O)NCc2ccc3c(c2)OCO3)cc1OC. The molecule has 2 aromatic rings. The van der Waals surface area contributed by atoms with Crippen LogP contribution in [0.1, 0.15) is 5.56 Å². The Kier molecular flexibility index (Phi) is 5.87. The zero-order chi connectivity index (χ0) is 19.9. The summed E-state index contributed by atoms with van der Waals surface area (Å²) < 4.78 is 21.0. The number of anilines is 1. The van der Waals surface area contributed by atoms with Crippen LogP contribution in [0.2, 0.25) is 0 Å². The fourth-order valence-corrected chi connectivity index (χ4v) is 2.56. The fraction of sp³-hybridized carbons (Fsp3) is 0.200. The van der Waals surface area contributed by atoms with Gasteiger partial charge in [-0.3, -0.25) is 4.79 Å². The van der Waals surface area contributed by atoms with Crippen molar-refractivity contribution in [3.63, 3.8) is 0 Å². The van der Waals surface area contributed by atoms with E-state index in [0.717, 1.165) is 5.56 Å². The van der Waals surface area contributed by atoms with Crippen molar-refractivity contribution in [1.82, 2.24) is 5.32 Å². The number of methoxy groups -OCH3 is 2. The highest BCUT2D eigenvalue weighted by Gasteiger charge is 2.14. The van der Waals surface area contributed by atoms with Crippen LogP contribution in [0.3, 0.4) is 0 Å². The number of carbonyl (C=O) groups excluding carboxylic acids is 1. The number of rotatable bonds is 7. The first-order valence-corrected chi connectivity index (χ1v) is 8.40. The molecule has 2 N–H and O–H groups in total. The second kappa shape index (κ2) is 8.68. The summed E-state index contributed by atoms with van der Waals surface area (Å²) in [5.74, 6) is 1.93. The van der Waals surface area contributed by atoms with Gasteiger partial charge < -0.3 is 29.6 Å². The number of fused-ring (bicyclic) bond motifs is 1. The van der Waals surface area contributed by atoms with Crippen LogP contribution in [-0.2, 0) is 11.3 Å². The van der Waals surface area contributed by atoms with Gasteiger partial charge in [-0.1, -0.05) is 6.07 Å². The Morgan fingerprint density at radius 3 is 2.68 bits per heavy atom. The highest BCUT2D eigenvalue weighted by molar-refractivity contribution is 5.97. The molecule has 0 fully saturated rings. The first kappa shape index (κ1) is 18.9. The predicted octanol–water partition coefficient (Wildman–Crippen LogP) is 2.57. The summed E-state index contributed by atoms with van der Waals surface area (Å²) in [6.07, 6.45) is 1.34. The summed E-state index contributed by atoms with van der Waals surface area (Å²) >= 11 is 0. The number of nitrogens with zero attached hydrogens (tertiary/aromatic N) is 1. The number of nitrogens with one attached hydrogen (secondary N) is 2. The summed E-state index contributed by atoms with van der Waals surface area (Å²) in [7, 11) is 3.07. The van der Waals surface area contributed by atoms with Gasteiger partial charge in [0.25, 0.3) is 5.91 Å². The maximum Gasteiger partial charge on any atom is 0.263 e. The molecule has 0 saturated carbocycles. The molecule has 28 heavy (non-hydrogen) atoms. The van der Waals surface area contributed by atoms with E-state index in [0.29, 0.717) is 28.7 Å². The number of benzene rings is 2. The van der Waals surface area contributed by atoms with E-state index in [4.69, 9.17) is 18.9 Å². The van der Waals surface area contributed by atoms with Crippen molar-refractivity contribution in [2.75, 3.05) is 26.3 Å². The van der Waals surface area contributed by atoms with Gasteiger partial charge in [-0.25, -0.2) is 0 Å². The molecule has 2 aromatic carbocycles. The van der Waals surface area contributed by atoms with E-state index in [1.807, 2.05) is 12.1 Å². The Balaban J connectivity index is 1.62. The lowest BCUT2D eigenvalue weighted by molar-refractivity contribution is -0.117. The topological polar surface area (TPSA) is 102 Å². The Morgan fingerprint density at radius 2 is 1.93 bits per heavy atom. The molecule has 0 bridgehead atoms. The molecule has 1 aliphatic heterocycles. The van der Waals surface area contributed by atoms with Crippen LogP contribution >= 0.6 is 0 Å². The second-order valence-electron chi connectivity index (χ2n) is 5.75.